The maximum atomic E-state index is 11.8. The van der Waals surface area contributed by atoms with Crippen molar-refractivity contribution in [1.82, 2.24) is 5.32 Å². The van der Waals surface area contributed by atoms with Gasteiger partial charge in [0.1, 0.15) is 5.75 Å². The first kappa shape index (κ1) is 12.9. The van der Waals surface area contributed by atoms with E-state index in [1.165, 1.54) is 4.90 Å². The van der Waals surface area contributed by atoms with Crippen molar-refractivity contribution in [3.8, 4) is 5.75 Å². The molecule has 0 spiro atoms. The molecule has 0 unspecified atom stereocenters. The van der Waals surface area contributed by atoms with Crippen molar-refractivity contribution >= 4 is 33.6 Å². The Bertz CT molecular complexity index is 516. The molecule has 0 radical (unpaired) electrons. The van der Waals surface area contributed by atoms with Crippen LogP contribution in [0.15, 0.2) is 16.6 Å². The molecule has 1 fully saturated rings. The molecular formula is C12H13BrN2O3. The van der Waals surface area contributed by atoms with Crippen molar-refractivity contribution < 1.29 is 14.3 Å². The Morgan fingerprint density at radius 1 is 1.39 bits per heavy atom. The van der Waals surface area contributed by atoms with Gasteiger partial charge >= 0.3 is 6.03 Å². The average molecular weight is 313 g/mol. The lowest BCUT2D eigenvalue weighted by Gasteiger charge is -2.28. The Hall–Kier alpha value is -1.56. The van der Waals surface area contributed by atoms with E-state index in [0.29, 0.717) is 24.4 Å². The molecule has 96 valence electrons. The van der Waals surface area contributed by atoms with Gasteiger partial charge in [0.2, 0.25) is 5.91 Å². The molecule has 1 aliphatic heterocycles. The normalized spacial score (nSPS) is 15.6. The SMILES string of the molecule is COc1cc(C)c(Br)cc1N1CCC(=O)NC1=O. The van der Waals surface area contributed by atoms with Gasteiger partial charge in [0.15, 0.2) is 0 Å². The summed E-state index contributed by atoms with van der Waals surface area (Å²) < 4.78 is 6.17. The Labute approximate surface area is 113 Å². The van der Waals surface area contributed by atoms with Gasteiger partial charge in [-0.2, -0.15) is 0 Å². The minimum Gasteiger partial charge on any atom is -0.495 e. The minimum absolute atomic E-state index is 0.249. The summed E-state index contributed by atoms with van der Waals surface area (Å²) in [6, 6.07) is 3.26. The van der Waals surface area contributed by atoms with Crippen molar-refractivity contribution in [1.29, 1.82) is 0 Å². The van der Waals surface area contributed by atoms with Crippen LogP contribution in [0.3, 0.4) is 0 Å². The van der Waals surface area contributed by atoms with Crippen LogP contribution >= 0.6 is 15.9 Å². The Kier molecular flexibility index (Phi) is 3.56. The smallest absolute Gasteiger partial charge is 0.328 e. The highest BCUT2D eigenvalue weighted by atomic mass is 79.9. The summed E-state index contributed by atoms with van der Waals surface area (Å²) in [4.78, 5) is 24.4. The molecule has 1 heterocycles. The predicted octanol–water partition coefficient (Wildman–Crippen LogP) is 2.21. The Morgan fingerprint density at radius 2 is 2.11 bits per heavy atom. The molecule has 1 N–H and O–H groups in total. The van der Waals surface area contributed by atoms with Gasteiger partial charge in [0, 0.05) is 17.4 Å². The van der Waals surface area contributed by atoms with Gasteiger partial charge < -0.3 is 4.74 Å². The lowest BCUT2D eigenvalue weighted by atomic mass is 10.1. The molecule has 0 bridgehead atoms. The van der Waals surface area contributed by atoms with E-state index in [2.05, 4.69) is 21.2 Å². The van der Waals surface area contributed by atoms with E-state index in [4.69, 9.17) is 4.74 Å². The van der Waals surface area contributed by atoms with E-state index in [-0.39, 0.29) is 5.91 Å². The van der Waals surface area contributed by atoms with E-state index in [1.54, 1.807) is 7.11 Å². The summed E-state index contributed by atoms with van der Waals surface area (Å²) in [6.45, 7) is 2.30. The topological polar surface area (TPSA) is 58.6 Å². The molecule has 2 rings (SSSR count). The number of benzene rings is 1. The maximum absolute atomic E-state index is 11.8. The Morgan fingerprint density at radius 3 is 2.72 bits per heavy atom. The number of hydrogen-bond donors (Lipinski definition) is 1. The van der Waals surface area contributed by atoms with E-state index in [9.17, 15) is 9.59 Å². The zero-order chi connectivity index (χ0) is 13.3. The molecule has 1 aliphatic rings. The molecular weight excluding hydrogens is 300 g/mol. The number of carbonyl (C=O) groups excluding carboxylic acids is 2. The zero-order valence-corrected chi connectivity index (χ0v) is 11.7. The molecule has 0 atom stereocenters. The predicted molar refractivity (Wildman–Crippen MR) is 70.9 cm³/mol. The second kappa shape index (κ2) is 4.97. The number of carbonyl (C=O) groups is 2. The number of urea groups is 1. The monoisotopic (exact) mass is 312 g/mol. The lowest BCUT2D eigenvalue weighted by molar-refractivity contribution is -0.120. The van der Waals surface area contributed by atoms with Crippen LogP contribution in [0.1, 0.15) is 12.0 Å². The molecule has 0 saturated carbocycles. The number of anilines is 1. The van der Waals surface area contributed by atoms with Crippen molar-refractivity contribution in [2.24, 2.45) is 0 Å². The van der Waals surface area contributed by atoms with Crippen LogP contribution in [-0.4, -0.2) is 25.6 Å². The second-order valence-electron chi connectivity index (χ2n) is 4.03. The van der Waals surface area contributed by atoms with Gasteiger partial charge in [-0.1, -0.05) is 15.9 Å². The number of rotatable bonds is 2. The van der Waals surface area contributed by atoms with Crippen molar-refractivity contribution in [2.75, 3.05) is 18.6 Å². The number of halogens is 1. The minimum atomic E-state index is -0.416. The van der Waals surface area contributed by atoms with Crippen LogP contribution in [0.4, 0.5) is 10.5 Å². The highest BCUT2D eigenvalue weighted by molar-refractivity contribution is 9.10. The number of aryl methyl sites for hydroxylation is 1. The quantitative estimate of drug-likeness (QED) is 0.911. The first-order valence-corrected chi connectivity index (χ1v) is 6.27. The van der Waals surface area contributed by atoms with Crippen molar-refractivity contribution in [3.05, 3.63) is 22.2 Å². The fourth-order valence-electron chi connectivity index (χ4n) is 1.81. The highest BCUT2D eigenvalue weighted by Gasteiger charge is 2.26. The third kappa shape index (κ3) is 2.33. The van der Waals surface area contributed by atoms with Crippen LogP contribution < -0.4 is 15.0 Å². The van der Waals surface area contributed by atoms with Gasteiger partial charge in [-0.15, -0.1) is 0 Å². The van der Waals surface area contributed by atoms with Gasteiger partial charge in [0.25, 0.3) is 0 Å². The Balaban J connectivity index is 2.41. The van der Waals surface area contributed by atoms with Crippen LogP contribution in [0.25, 0.3) is 0 Å². The first-order chi connectivity index (χ1) is 8.52. The van der Waals surface area contributed by atoms with E-state index >= 15 is 0 Å². The van der Waals surface area contributed by atoms with E-state index in [1.807, 2.05) is 19.1 Å². The molecule has 0 aromatic heterocycles. The number of nitrogens with one attached hydrogen (secondary N) is 1. The third-order valence-corrected chi connectivity index (χ3v) is 3.66. The number of hydrogen-bond acceptors (Lipinski definition) is 3. The number of nitrogens with zero attached hydrogens (tertiary/aromatic N) is 1. The summed E-state index contributed by atoms with van der Waals surface area (Å²) in [7, 11) is 1.55. The molecule has 3 amide bonds. The molecule has 1 saturated heterocycles. The van der Waals surface area contributed by atoms with E-state index in [0.717, 1.165) is 10.0 Å². The largest absolute Gasteiger partial charge is 0.495 e. The van der Waals surface area contributed by atoms with Gasteiger partial charge in [-0.05, 0) is 24.6 Å². The van der Waals surface area contributed by atoms with Crippen LogP contribution in [0.5, 0.6) is 5.75 Å². The summed E-state index contributed by atoms with van der Waals surface area (Å²) in [6.07, 6.45) is 0.292. The van der Waals surface area contributed by atoms with Gasteiger partial charge in [-0.3, -0.25) is 15.0 Å². The molecule has 18 heavy (non-hydrogen) atoms. The maximum Gasteiger partial charge on any atom is 0.328 e. The summed E-state index contributed by atoms with van der Waals surface area (Å²) in [5, 5.41) is 2.29. The lowest BCUT2D eigenvalue weighted by Crippen LogP contribution is -2.49. The first-order valence-electron chi connectivity index (χ1n) is 5.48. The third-order valence-electron chi connectivity index (χ3n) is 2.80. The number of imide groups is 1. The average Bonchev–Trinajstić information content (AvgIpc) is 2.32. The second-order valence-corrected chi connectivity index (χ2v) is 4.88. The van der Waals surface area contributed by atoms with Crippen LogP contribution in [-0.2, 0) is 4.79 Å². The van der Waals surface area contributed by atoms with E-state index < -0.39 is 6.03 Å². The summed E-state index contributed by atoms with van der Waals surface area (Å²) in [5.74, 6) is 0.363. The van der Waals surface area contributed by atoms with Crippen molar-refractivity contribution in [2.45, 2.75) is 13.3 Å². The van der Waals surface area contributed by atoms with Crippen molar-refractivity contribution in [3.63, 3.8) is 0 Å². The number of methoxy groups -OCH3 is 1. The highest BCUT2D eigenvalue weighted by Crippen LogP contribution is 2.34. The molecule has 6 heteroatoms. The number of ether oxygens (including phenoxy) is 1. The molecule has 0 aliphatic carbocycles. The summed E-state index contributed by atoms with van der Waals surface area (Å²) in [5.41, 5.74) is 1.67. The van der Waals surface area contributed by atoms with Gasteiger partial charge in [0.05, 0.1) is 12.8 Å². The molecule has 5 nitrogen and oxygen atoms in total. The van der Waals surface area contributed by atoms with Gasteiger partial charge in [-0.25, -0.2) is 4.79 Å². The molecule has 1 aromatic carbocycles. The number of amides is 3. The van der Waals surface area contributed by atoms with Crippen LogP contribution in [0, 0.1) is 6.92 Å². The molecule has 1 aromatic rings. The fourth-order valence-corrected chi connectivity index (χ4v) is 2.14. The standard InChI is InChI=1S/C12H13BrN2O3/c1-7-5-10(18-2)9(6-8(7)13)15-4-3-11(16)14-12(15)17/h5-6H,3-4H2,1-2H3,(H,14,16,17). The zero-order valence-electron chi connectivity index (χ0n) is 10.1. The fraction of sp³-hybridized carbons (Fsp3) is 0.333. The summed E-state index contributed by atoms with van der Waals surface area (Å²) >= 11 is 3.43. The van der Waals surface area contributed by atoms with Crippen LogP contribution in [0.2, 0.25) is 0 Å².